The Morgan fingerprint density at radius 1 is 1.06 bits per heavy atom. The minimum absolute atomic E-state index is 0.00776. The van der Waals surface area contributed by atoms with Gasteiger partial charge in [-0.2, -0.15) is 0 Å². The van der Waals surface area contributed by atoms with E-state index < -0.39 is 0 Å². The second-order valence-corrected chi connectivity index (χ2v) is 8.63. The molecule has 0 saturated carbocycles. The summed E-state index contributed by atoms with van der Waals surface area (Å²) in [5.74, 6) is -0.187. The summed E-state index contributed by atoms with van der Waals surface area (Å²) in [5.41, 5.74) is 6.12. The molecule has 0 aliphatic carbocycles. The molecule has 0 atom stereocenters. The lowest BCUT2D eigenvalue weighted by molar-refractivity contribution is 0.102. The number of aliphatic hydroxyl groups is 1. The smallest absolute Gasteiger partial charge is 0.319 e. The first-order chi connectivity index (χ1) is 17.4. The summed E-state index contributed by atoms with van der Waals surface area (Å²) in [6, 6.07) is 14.7. The summed E-state index contributed by atoms with van der Waals surface area (Å²) >= 11 is 0. The van der Waals surface area contributed by atoms with Crippen molar-refractivity contribution in [1.29, 1.82) is 0 Å². The van der Waals surface area contributed by atoms with Gasteiger partial charge in [0.1, 0.15) is 0 Å². The first-order valence-electron chi connectivity index (χ1n) is 11.7. The van der Waals surface area contributed by atoms with Crippen LogP contribution in [0.1, 0.15) is 22.3 Å². The average Bonchev–Trinajstić information content (AvgIpc) is 3.34. The maximum atomic E-state index is 12.9. The minimum atomic E-state index is -0.372. The number of hydrogen-bond acceptors (Lipinski definition) is 5. The van der Waals surface area contributed by atoms with Gasteiger partial charge in [-0.1, -0.05) is 12.1 Å². The summed E-state index contributed by atoms with van der Waals surface area (Å²) in [6.45, 7) is 2.33. The number of imidazole rings is 1. The molecule has 0 aliphatic rings. The lowest BCUT2D eigenvalue weighted by Crippen LogP contribution is -2.30. The molecular weight excluding hydrogens is 456 g/mol. The lowest BCUT2D eigenvalue weighted by Gasteiger charge is -2.16. The van der Waals surface area contributed by atoms with E-state index in [1.165, 1.54) is 0 Å². The molecule has 36 heavy (non-hydrogen) atoms. The highest BCUT2D eigenvalue weighted by Gasteiger charge is 2.14. The normalized spacial score (nSPS) is 10.8. The maximum absolute atomic E-state index is 12.9. The van der Waals surface area contributed by atoms with Crippen molar-refractivity contribution in [2.45, 2.75) is 13.3 Å². The van der Waals surface area contributed by atoms with Crippen molar-refractivity contribution in [1.82, 2.24) is 14.7 Å². The molecule has 0 bridgehead atoms. The molecule has 186 valence electrons. The Labute approximate surface area is 209 Å². The van der Waals surface area contributed by atoms with Crippen molar-refractivity contribution in [2.75, 3.05) is 42.8 Å². The van der Waals surface area contributed by atoms with Crippen LogP contribution in [0.15, 0.2) is 67.1 Å². The number of carbonyl (C=O) groups is 2. The van der Waals surface area contributed by atoms with E-state index in [2.05, 4.69) is 20.9 Å². The third kappa shape index (κ3) is 5.47. The maximum Gasteiger partial charge on any atom is 0.319 e. The number of urea groups is 1. The number of rotatable bonds is 8. The molecule has 0 unspecified atom stereocenters. The fraction of sp³-hybridized carbons (Fsp3) is 0.222. The Balaban J connectivity index is 1.60. The number of anilines is 3. The van der Waals surface area contributed by atoms with Crippen molar-refractivity contribution in [3.8, 4) is 11.1 Å². The van der Waals surface area contributed by atoms with Gasteiger partial charge in [0, 0.05) is 68.3 Å². The number of hydrogen-bond donors (Lipinski definition) is 4. The first kappa shape index (κ1) is 24.7. The zero-order valence-corrected chi connectivity index (χ0v) is 20.6. The van der Waals surface area contributed by atoms with Crippen LogP contribution in [0.25, 0.3) is 16.8 Å². The Hall–Kier alpha value is -4.37. The SMILES string of the molecule is Cc1c(NC(=O)c2ccc(N(C)C)cc2)cccc1-c1cc(NC(=O)NCCCO)c2nccn2c1. The first-order valence-corrected chi connectivity index (χ1v) is 11.7. The van der Waals surface area contributed by atoms with Crippen LogP contribution in [0.3, 0.4) is 0 Å². The second-order valence-electron chi connectivity index (χ2n) is 8.63. The zero-order valence-electron chi connectivity index (χ0n) is 20.6. The molecule has 3 amide bonds. The van der Waals surface area contributed by atoms with E-state index in [0.717, 1.165) is 22.4 Å². The predicted octanol–water partition coefficient (Wildman–Crippen LogP) is 4.13. The van der Waals surface area contributed by atoms with Crippen molar-refractivity contribution in [2.24, 2.45) is 0 Å². The molecule has 4 N–H and O–H groups in total. The molecule has 0 saturated heterocycles. The minimum Gasteiger partial charge on any atom is -0.396 e. The number of aromatic nitrogens is 2. The summed E-state index contributed by atoms with van der Waals surface area (Å²) in [6.07, 6.45) is 5.89. The van der Waals surface area contributed by atoms with Gasteiger partial charge in [0.25, 0.3) is 5.91 Å². The molecule has 4 aromatic rings. The highest BCUT2D eigenvalue weighted by Crippen LogP contribution is 2.32. The molecule has 2 aromatic carbocycles. The highest BCUT2D eigenvalue weighted by atomic mass is 16.3. The fourth-order valence-electron chi connectivity index (χ4n) is 3.91. The number of aliphatic hydroxyl groups excluding tert-OH is 1. The largest absolute Gasteiger partial charge is 0.396 e. The second kappa shape index (κ2) is 10.9. The zero-order chi connectivity index (χ0) is 25.7. The molecule has 0 aliphatic heterocycles. The third-order valence-corrected chi connectivity index (χ3v) is 5.90. The van der Waals surface area contributed by atoms with Crippen molar-refractivity contribution in [3.63, 3.8) is 0 Å². The van der Waals surface area contributed by atoms with Crippen LogP contribution in [0.5, 0.6) is 0 Å². The number of pyridine rings is 1. The summed E-state index contributed by atoms with van der Waals surface area (Å²) in [5, 5.41) is 17.5. The van der Waals surface area contributed by atoms with Crippen LogP contribution in [-0.2, 0) is 0 Å². The van der Waals surface area contributed by atoms with Crippen LogP contribution >= 0.6 is 0 Å². The average molecular weight is 487 g/mol. The Morgan fingerprint density at radius 3 is 2.56 bits per heavy atom. The van der Waals surface area contributed by atoms with Gasteiger partial charge in [0.2, 0.25) is 0 Å². The van der Waals surface area contributed by atoms with Crippen LogP contribution in [0.4, 0.5) is 21.9 Å². The van der Waals surface area contributed by atoms with Gasteiger partial charge in [0.05, 0.1) is 5.69 Å². The van der Waals surface area contributed by atoms with Crippen LogP contribution in [0.2, 0.25) is 0 Å². The van der Waals surface area contributed by atoms with Gasteiger partial charge in [-0.15, -0.1) is 0 Å². The molecule has 9 nitrogen and oxygen atoms in total. The number of fused-ring (bicyclic) bond motifs is 1. The number of nitrogens with one attached hydrogen (secondary N) is 3. The number of nitrogens with zero attached hydrogens (tertiary/aromatic N) is 3. The fourth-order valence-corrected chi connectivity index (χ4v) is 3.91. The molecular formula is C27H30N6O3. The summed E-state index contributed by atoms with van der Waals surface area (Å²) in [7, 11) is 3.91. The Kier molecular flexibility index (Phi) is 7.50. The number of benzene rings is 2. The lowest BCUT2D eigenvalue weighted by atomic mass is 10.00. The van der Waals surface area contributed by atoms with Crippen LogP contribution in [-0.4, -0.2) is 53.7 Å². The van der Waals surface area contributed by atoms with Gasteiger partial charge >= 0.3 is 6.03 Å². The van der Waals surface area contributed by atoms with E-state index in [1.54, 1.807) is 18.3 Å². The van der Waals surface area contributed by atoms with Crippen molar-refractivity contribution < 1.29 is 14.7 Å². The number of amides is 3. The molecule has 0 radical (unpaired) electrons. The van der Waals surface area contributed by atoms with Gasteiger partial charge < -0.3 is 30.4 Å². The van der Waals surface area contributed by atoms with E-state index in [-0.39, 0.29) is 18.5 Å². The summed E-state index contributed by atoms with van der Waals surface area (Å²) < 4.78 is 1.84. The van der Waals surface area contributed by atoms with E-state index in [0.29, 0.717) is 35.6 Å². The molecule has 0 spiro atoms. The van der Waals surface area contributed by atoms with E-state index >= 15 is 0 Å². The predicted molar refractivity (Wildman–Crippen MR) is 143 cm³/mol. The topological polar surface area (TPSA) is 111 Å². The Bertz CT molecular complexity index is 1380. The van der Waals surface area contributed by atoms with Crippen LogP contribution in [0, 0.1) is 6.92 Å². The van der Waals surface area contributed by atoms with Gasteiger partial charge in [-0.05, 0) is 60.9 Å². The van der Waals surface area contributed by atoms with Gasteiger partial charge in [-0.25, -0.2) is 9.78 Å². The van der Waals surface area contributed by atoms with Gasteiger partial charge in [0.15, 0.2) is 5.65 Å². The van der Waals surface area contributed by atoms with Crippen LogP contribution < -0.4 is 20.9 Å². The van der Waals surface area contributed by atoms with E-state index in [1.807, 2.05) is 79.1 Å². The quantitative estimate of drug-likeness (QED) is 0.280. The summed E-state index contributed by atoms with van der Waals surface area (Å²) in [4.78, 5) is 31.6. The molecule has 4 rings (SSSR count). The molecule has 2 aromatic heterocycles. The van der Waals surface area contributed by atoms with Gasteiger partial charge in [-0.3, -0.25) is 4.79 Å². The van der Waals surface area contributed by atoms with Crippen molar-refractivity contribution in [3.05, 3.63) is 78.2 Å². The Morgan fingerprint density at radius 2 is 1.83 bits per heavy atom. The highest BCUT2D eigenvalue weighted by molar-refractivity contribution is 6.05. The molecule has 9 heteroatoms. The third-order valence-electron chi connectivity index (χ3n) is 5.90. The number of carbonyl (C=O) groups excluding carboxylic acids is 2. The van der Waals surface area contributed by atoms with E-state index in [9.17, 15) is 9.59 Å². The monoisotopic (exact) mass is 486 g/mol. The standard InChI is InChI=1S/C27H30N6O3/c1-18-22(6-4-7-23(18)30-26(35)19-8-10-21(11-9-19)32(2)3)20-16-24(25-28-13-14-33(25)17-20)31-27(36)29-12-5-15-34/h4,6-11,13-14,16-17,34H,5,12,15H2,1-3H3,(H,30,35)(H2,29,31,36). The van der Waals surface area contributed by atoms with E-state index in [4.69, 9.17) is 5.11 Å². The molecule has 2 heterocycles. The molecule has 0 fully saturated rings. The van der Waals surface area contributed by atoms with Crippen molar-refractivity contribution >= 4 is 34.6 Å².